The van der Waals surface area contributed by atoms with Crippen molar-refractivity contribution in [3.63, 3.8) is 0 Å². The first kappa shape index (κ1) is 21.4. The Hall–Kier alpha value is -3.82. The summed E-state index contributed by atoms with van der Waals surface area (Å²) in [5.41, 5.74) is 1.03. The predicted octanol–water partition coefficient (Wildman–Crippen LogP) is 4.17. The van der Waals surface area contributed by atoms with Crippen LogP contribution >= 0.6 is 0 Å². The second-order valence-corrected chi connectivity index (χ2v) is 7.36. The summed E-state index contributed by atoms with van der Waals surface area (Å²) in [5.74, 6) is 0.698. The van der Waals surface area contributed by atoms with Gasteiger partial charge in [-0.15, -0.1) is 0 Å². The molecule has 2 aromatic heterocycles. The van der Waals surface area contributed by atoms with Crippen molar-refractivity contribution in [1.29, 1.82) is 0 Å². The number of aryl methyl sites for hydroxylation is 1. The van der Waals surface area contributed by atoms with Gasteiger partial charge in [0.2, 0.25) is 11.9 Å². The van der Waals surface area contributed by atoms with E-state index in [1.165, 1.54) is 6.07 Å². The number of benzene rings is 2. The van der Waals surface area contributed by atoms with Crippen molar-refractivity contribution in [2.75, 3.05) is 5.32 Å². The molecule has 1 amide bonds. The molecule has 0 fully saturated rings. The molecule has 0 aliphatic rings. The van der Waals surface area contributed by atoms with E-state index < -0.39 is 17.8 Å². The molecule has 10 heteroatoms. The lowest BCUT2D eigenvalue weighted by Gasteiger charge is -2.20. The van der Waals surface area contributed by atoms with Crippen LogP contribution in [0.1, 0.15) is 29.4 Å². The highest BCUT2D eigenvalue weighted by Crippen LogP contribution is 2.32. The van der Waals surface area contributed by atoms with Crippen molar-refractivity contribution in [2.45, 2.75) is 25.2 Å². The first-order valence-corrected chi connectivity index (χ1v) is 9.91. The molecule has 0 saturated carbocycles. The Labute approximate surface area is 181 Å². The van der Waals surface area contributed by atoms with E-state index in [4.69, 9.17) is 0 Å². The summed E-state index contributed by atoms with van der Waals surface area (Å²) in [6.07, 6.45) is -1.20. The number of fused-ring (bicyclic) bond motifs is 1. The van der Waals surface area contributed by atoms with Gasteiger partial charge in [0.05, 0.1) is 35.6 Å². The highest BCUT2D eigenvalue weighted by Gasteiger charge is 2.31. The van der Waals surface area contributed by atoms with E-state index in [0.717, 1.165) is 17.6 Å². The van der Waals surface area contributed by atoms with E-state index in [2.05, 4.69) is 25.6 Å². The average Bonchev–Trinajstić information content (AvgIpc) is 3.36. The van der Waals surface area contributed by atoms with Crippen LogP contribution in [0.3, 0.4) is 0 Å². The van der Waals surface area contributed by atoms with Crippen LogP contribution in [0.4, 0.5) is 19.1 Å². The van der Waals surface area contributed by atoms with Gasteiger partial charge in [-0.25, -0.2) is 9.97 Å². The van der Waals surface area contributed by atoms with Gasteiger partial charge in [-0.3, -0.25) is 4.79 Å². The van der Waals surface area contributed by atoms with Crippen LogP contribution in [0.25, 0.3) is 11.0 Å². The highest BCUT2D eigenvalue weighted by atomic mass is 19.4. The van der Waals surface area contributed by atoms with Gasteiger partial charge in [-0.05, 0) is 29.8 Å². The molecule has 1 atom stereocenters. The molecule has 0 radical (unpaired) electrons. The molecular weight excluding hydrogens is 421 g/mol. The minimum atomic E-state index is -4.49. The first-order chi connectivity index (χ1) is 15.3. The molecule has 166 valence electrons. The van der Waals surface area contributed by atoms with E-state index in [1.54, 1.807) is 23.0 Å². The van der Waals surface area contributed by atoms with Gasteiger partial charge in [0.1, 0.15) is 5.82 Å². The third-order valence-electron chi connectivity index (χ3n) is 5.07. The van der Waals surface area contributed by atoms with Crippen LogP contribution in [0.2, 0.25) is 0 Å². The molecule has 0 aliphatic heterocycles. The van der Waals surface area contributed by atoms with Gasteiger partial charge in [0, 0.05) is 19.4 Å². The van der Waals surface area contributed by atoms with Gasteiger partial charge >= 0.3 is 6.18 Å². The second-order valence-electron chi connectivity index (χ2n) is 7.36. The lowest BCUT2D eigenvalue weighted by molar-refractivity contribution is -0.137. The van der Waals surface area contributed by atoms with Crippen molar-refractivity contribution in [3.8, 4) is 0 Å². The maximum Gasteiger partial charge on any atom is 0.416 e. The van der Waals surface area contributed by atoms with Crippen LogP contribution < -0.4 is 10.6 Å². The summed E-state index contributed by atoms with van der Waals surface area (Å²) in [5, 5.41) is 5.85. The monoisotopic (exact) mass is 442 g/mol. The maximum absolute atomic E-state index is 13.2. The van der Waals surface area contributed by atoms with Crippen LogP contribution in [0, 0.1) is 0 Å². The van der Waals surface area contributed by atoms with E-state index in [0.29, 0.717) is 22.9 Å². The number of nitrogens with one attached hydrogen (secondary N) is 3. The largest absolute Gasteiger partial charge is 0.416 e. The number of nitrogens with zero attached hydrogens (tertiary/aromatic N) is 3. The van der Waals surface area contributed by atoms with Crippen LogP contribution in [-0.2, 0) is 24.6 Å². The number of hydrogen-bond donors (Lipinski definition) is 3. The van der Waals surface area contributed by atoms with Crippen LogP contribution in [-0.4, -0.2) is 25.4 Å². The number of halogens is 3. The molecule has 2 aromatic carbocycles. The molecule has 0 saturated heterocycles. The zero-order valence-corrected chi connectivity index (χ0v) is 17.1. The topological polar surface area (TPSA) is 87.6 Å². The summed E-state index contributed by atoms with van der Waals surface area (Å²) in [6.45, 7) is 0.211. The lowest BCUT2D eigenvalue weighted by atomic mass is 10.0. The number of rotatable bonds is 7. The molecule has 3 N–H and O–H groups in total. The van der Waals surface area contributed by atoms with Crippen molar-refractivity contribution >= 4 is 22.9 Å². The molecular formula is C22H21F3N6O. The quantitative estimate of drug-likeness (QED) is 0.401. The molecule has 1 unspecified atom stereocenters. The molecule has 32 heavy (non-hydrogen) atoms. The number of carbonyl (C=O) groups is 1. The molecule has 4 aromatic rings. The molecule has 7 nitrogen and oxygen atoms in total. The maximum atomic E-state index is 13.2. The van der Waals surface area contributed by atoms with E-state index in [1.807, 2.05) is 31.3 Å². The third kappa shape index (κ3) is 4.90. The highest BCUT2D eigenvalue weighted by molar-refractivity contribution is 5.79. The Morgan fingerprint density at radius 2 is 2.00 bits per heavy atom. The number of carbonyl (C=O) groups excluding carboxylic acids is 1. The van der Waals surface area contributed by atoms with Gasteiger partial charge in [-0.1, -0.05) is 24.3 Å². The molecule has 2 heterocycles. The number of para-hydroxylation sites is 2. The minimum absolute atomic E-state index is 0.0945. The van der Waals surface area contributed by atoms with Gasteiger partial charge in [0.15, 0.2) is 0 Å². The van der Waals surface area contributed by atoms with Crippen LogP contribution in [0.5, 0.6) is 0 Å². The second kappa shape index (κ2) is 8.74. The Kier molecular flexibility index (Phi) is 5.85. The molecule has 0 bridgehead atoms. The van der Waals surface area contributed by atoms with E-state index >= 15 is 0 Å². The summed E-state index contributed by atoms with van der Waals surface area (Å²) in [7, 11) is 1.81. The number of anilines is 1. The first-order valence-electron chi connectivity index (χ1n) is 9.91. The zero-order valence-electron chi connectivity index (χ0n) is 17.1. The van der Waals surface area contributed by atoms with Crippen molar-refractivity contribution in [2.24, 2.45) is 7.05 Å². The molecule has 0 spiro atoms. The Balaban J connectivity index is 1.57. The van der Waals surface area contributed by atoms with Crippen molar-refractivity contribution in [3.05, 3.63) is 77.9 Å². The number of H-pyrrole nitrogens is 1. The zero-order chi connectivity index (χ0) is 22.7. The predicted molar refractivity (Wildman–Crippen MR) is 114 cm³/mol. The summed E-state index contributed by atoms with van der Waals surface area (Å²) >= 11 is 0. The molecule has 4 rings (SSSR count). The SMILES string of the molecule is Cn1ccnc1CNC(=O)CC(Nc1nc2ccccc2[nH]1)c1cccc(C(F)(F)F)c1. The average molecular weight is 442 g/mol. The molecule has 0 aliphatic carbocycles. The van der Waals surface area contributed by atoms with Crippen LogP contribution in [0.15, 0.2) is 60.9 Å². The minimum Gasteiger partial charge on any atom is -0.349 e. The van der Waals surface area contributed by atoms with Gasteiger partial charge in [-0.2, -0.15) is 13.2 Å². The Bertz CT molecular complexity index is 1200. The van der Waals surface area contributed by atoms with E-state index in [9.17, 15) is 18.0 Å². The number of alkyl halides is 3. The van der Waals surface area contributed by atoms with Gasteiger partial charge < -0.3 is 20.2 Å². The summed E-state index contributed by atoms with van der Waals surface area (Å²) in [6, 6.07) is 11.5. The standard InChI is InChI=1S/C22H21F3N6O/c1-31-10-9-26-19(31)13-27-20(32)12-18(14-5-4-6-15(11-14)22(23,24)25)30-21-28-16-7-2-3-8-17(16)29-21/h2-11,18H,12-13H2,1H3,(H,27,32)(H2,28,29,30). The number of aromatic nitrogens is 4. The van der Waals surface area contributed by atoms with Crippen molar-refractivity contribution < 1.29 is 18.0 Å². The van der Waals surface area contributed by atoms with Gasteiger partial charge in [0.25, 0.3) is 0 Å². The number of imidazole rings is 2. The van der Waals surface area contributed by atoms with E-state index in [-0.39, 0.29) is 18.9 Å². The Morgan fingerprint density at radius 1 is 1.19 bits per heavy atom. The lowest BCUT2D eigenvalue weighted by Crippen LogP contribution is -2.28. The smallest absolute Gasteiger partial charge is 0.349 e. The summed E-state index contributed by atoms with van der Waals surface area (Å²) < 4.78 is 41.5. The number of amides is 1. The van der Waals surface area contributed by atoms with Crippen molar-refractivity contribution in [1.82, 2.24) is 24.8 Å². The fraction of sp³-hybridized carbons (Fsp3) is 0.227. The summed E-state index contributed by atoms with van der Waals surface area (Å²) in [4.78, 5) is 24.3. The normalized spacial score (nSPS) is 12.6. The number of aromatic amines is 1. The fourth-order valence-corrected chi connectivity index (χ4v) is 3.37. The number of hydrogen-bond acceptors (Lipinski definition) is 4. The Morgan fingerprint density at radius 3 is 2.72 bits per heavy atom. The fourth-order valence-electron chi connectivity index (χ4n) is 3.37. The third-order valence-corrected chi connectivity index (χ3v) is 5.07.